The molecule has 1 unspecified atom stereocenters. The van der Waals surface area contributed by atoms with E-state index in [4.69, 9.17) is 4.74 Å². The van der Waals surface area contributed by atoms with E-state index in [1.165, 1.54) is 6.42 Å². The zero-order chi connectivity index (χ0) is 12.8. The van der Waals surface area contributed by atoms with Gasteiger partial charge in [0.25, 0.3) is 5.88 Å². The fourth-order valence-electron chi connectivity index (χ4n) is 1.49. The van der Waals surface area contributed by atoms with E-state index in [1.807, 2.05) is 10.9 Å². The fraction of sp³-hybridized carbons (Fsp3) is 0.846. The molecule has 0 spiro atoms. The van der Waals surface area contributed by atoms with Gasteiger partial charge in [-0.25, -0.2) is 4.68 Å². The highest BCUT2D eigenvalue weighted by Gasteiger charge is 2.07. The van der Waals surface area contributed by atoms with Crippen LogP contribution < -0.4 is 4.74 Å². The van der Waals surface area contributed by atoms with Crippen LogP contribution in [0.5, 0.6) is 5.88 Å². The molecule has 17 heavy (non-hydrogen) atoms. The van der Waals surface area contributed by atoms with Gasteiger partial charge in [0.15, 0.2) is 0 Å². The highest BCUT2D eigenvalue weighted by molar-refractivity contribution is 4.99. The summed E-state index contributed by atoms with van der Waals surface area (Å²) in [6.45, 7) is 11.7. The number of hydrogen-bond acceptors (Lipinski definition) is 3. The average Bonchev–Trinajstić information content (AvgIpc) is 2.72. The largest absolute Gasteiger partial charge is 0.475 e. The summed E-state index contributed by atoms with van der Waals surface area (Å²) in [6.07, 6.45) is 4.14. The number of rotatable bonds is 7. The van der Waals surface area contributed by atoms with Crippen LogP contribution in [0.15, 0.2) is 6.20 Å². The number of hydrogen-bond donors (Lipinski definition) is 0. The maximum absolute atomic E-state index is 5.57. The van der Waals surface area contributed by atoms with E-state index in [0.717, 1.165) is 24.9 Å². The molecule has 0 amide bonds. The Labute approximate surface area is 104 Å². The molecular formula is C13H25N3O. The van der Waals surface area contributed by atoms with Gasteiger partial charge in [-0.1, -0.05) is 31.1 Å². The second-order valence-electron chi connectivity index (χ2n) is 5.34. The molecule has 1 atom stereocenters. The lowest BCUT2D eigenvalue weighted by atomic mass is 9.93. The van der Waals surface area contributed by atoms with Crippen molar-refractivity contribution in [3.05, 3.63) is 6.20 Å². The molecule has 0 aromatic carbocycles. The summed E-state index contributed by atoms with van der Waals surface area (Å²) < 4.78 is 7.38. The van der Waals surface area contributed by atoms with Crippen LogP contribution in [-0.2, 0) is 0 Å². The van der Waals surface area contributed by atoms with E-state index in [1.54, 1.807) is 0 Å². The van der Waals surface area contributed by atoms with Gasteiger partial charge in [-0.2, -0.15) is 0 Å². The molecule has 0 aliphatic carbocycles. The van der Waals surface area contributed by atoms with Crippen LogP contribution in [0.4, 0.5) is 0 Å². The summed E-state index contributed by atoms with van der Waals surface area (Å²) in [7, 11) is 0. The van der Waals surface area contributed by atoms with E-state index in [0.29, 0.717) is 11.9 Å². The summed E-state index contributed by atoms with van der Waals surface area (Å²) >= 11 is 0. The van der Waals surface area contributed by atoms with Crippen molar-refractivity contribution < 1.29 is 4.74 Å². The van der Waals surface area contributed by atoms with Crippen molar-refractivity contribution in [1.29, 1.82) is 0 Å². The number of nitrogens with zero attached hydrogens (tertiary/aromatic N) is 3. The predicted molar refractivity (Wildman–Crippen MR) is 69.1 cm³/mol. The van der Waals surface area contributed by atoms with E-state index in [9.17, 15) is 0 Å². The van der Waals surface area contributed by atoms with E-state index in [2.05, 4.69) is 44.9 Å². The van der Waals surface area contributed by atoms with Crippen molar-refractivity contribution in [2.45, 2.75) is 53.5 Å². The molecule has 1 aromatic rings. The third-order valence-corrected chi connectivity index (χ3v) is 3.21. The fourth-order valence-corrected chi connectivity index (χ4v) is 1.49. The minimum absolute atomic E-state index is 0.334. The Morgan fingerprint density at radius 2 is 1.94 bits per heavy atom. The Balaban J connectivity index is 2.22. The third-order valence-electron chi connectivity index (χ3n) is 3.21. The van der Waals surface area contributed by atoms with Gasteiger partial charge in [0, 0.05) is 6.04 Å². The number of ether oxygens (including phenoxy) is 1. The van der Waals surface area contributed by atoms with Crippen LogP contribution in [-0.4, -0.2) is 21.6 Å². The molecule has 0 radical (unpaired) electrons. The zero-order valence-corrected chi connectivity index (χ0v) is 11.7. The smallest absolute Gasteiger partial charge is 0.253 e. The van der Waals surface area contributed by atoms with Crippen molar-refractivity contribution in [2.75, 3.05) is 6.61 Å². The lowest BCUT2D eigenvalue weighted by Gasteiger charge is -2.14. The minimum atomic E-state index is 0.334. The molecule has 4 nitrogen and oxygen atoms in total. The lowest BCUT2D eigenvalue weighted by molar-refractivity contribution is 0.271. The zero-order valence-electron chi connectivity index (χ0n) is 11.7. The molecule has 1 aromatic heterocycles. The molecule has 0 fully saturated rings. The summed E-state index contributed by atoms with van der Waals surface area (Å²) in [5.41, 5.74) is 0. The van der Waals surface area contributed by atoms with Crippen molar-refractivity contribution >= 4 is 0 Å². The van der Waals surface area contributed by atoms with E-state index < -0.39 is 0 Å². The molecule has 1 heterocycles. The predicted octanol–water partition coefficient (Wildman–Crippen LogP) is 3.31. The molecule has 4 heteroatoms. The quantitative estimate of drug-likeness (QED) is 0.685. The van der Waals surface area contributed by atoms with Crippen LogP contribution in [0.1, 0.15) is 53.5 Å². The number of aromatic nitrogens is 3. The summed E-state index contributed by atoms with van der Waals surface area (Å²) in [5.74, 6) is 2.14. The van der Waals surface area contributed by atoms with Crippen molar-refractivity contribution in [3.8, 4) is 5.88 Å². The van der Waals surface area contributed by atoms with Gasteiger partial charge in [-0.3, -0.25) is 0 Å². The third kappa shape index (κ3) is 4.75. The molecule has 0 aliphatic heterocycles. The van der Waals surface area contributed by atoms with Crippen molar-refractivity contribution in [2.24, 2.45) is 11.8 Å². The molecule has 1 rings (SSSR count). The van der Waals surface area contributed by atoms with Gasteiger partial charge >= 0.3 is 0 Å². The first kappa shape index (κ1) is 14.0. The Morgan fingerprint density at radius 1 is 1.24 bits per heavy atom. The van der Waals surface area contributed by atoms with Crippen LogP contribution >= 0.6 is 0 Å². The highest BCUT2D eigenvalue weighted by atomic mass is 16.5. The van der Waals surface area contributed by atoms with E-state index in [-0.39, 0.29) is 0 Å². The van der Waals surface area contributed by atoms with Crippen molar-refractivity contribution in [3.63, 3.8) is 0 Å². The molecule has 0 saturated carbocycles. The Bertz CT molecular complexity index is 320. The second-order valence-corrected chi connectivity index (χ2v) is 5.34. The lowest BCUT2D eigenvalue weighted by Crippen LogP contribution is -2.06. The summed E-state index contributed by atoms with van der Waals surface area (Å²) in [4.78, 5) is 0. The first-order valence-corrected chi connectivity index (χ1v) is 6.55. The Morgan fingerprint density at radius 3 is 2.47 bits per heavy atom. The first-order valence-electron chi connectivity index (χ1n) is 6.55. The molecule has 0 saturated heterocycles. The van der Waals surface area contributed by atoms with Gasteiger partial charge in [-0.05, 0) is 38.5 Å². The molecule has 98 valence electrons. The normalized spacial score (nSPS) is 13.4. The summed E-state index contributed by atoms with van der Waals surface area (Å²) in [5, 5.41) is 7.98. The average molecular weight is 239 g/mol. The maximum Gasteiger partial charge on any atom is 0.253 e. The monoisotopic (exact) mass is 239 g/mol. The maximum atomic E-state index is 5.57. The van der Waals surface area contributed by atoms with Gasteiger partial charge < -0.3 is 4.74 Å². The highest BCUT2D eigenvalue weighted by Crippen LogP contribution is 2.16. The SMILES string of the molecule is CC(C)C(C)CCCOc1cn(C(C)C)nn1. The molecule has 0 N–H and O–H groups in total. The van der Waals surface area contributed by atoms with Gasteiger partial charge in [0.2, 0.25) is 0 Å². The van der Waals surface area contributed by atoms with Gasteiger partial charge in [-0.15, -0.1) is 0 Å². The minimum Gasteiger partial charge on any atom is -0.475 e. The first-order chi connectivity index (χ1) is 8.00. The second kappa shape index (κ2) is 6.62. The van der Waals surface area contributed by atoms with Gasteiger partial charge in [0.1, 0.15) is 0 Å². The Kier molecular flexibility index (Phi) is 5.45. The summed E-state index contributed by atoms with van der Waals surface area (Å²) in [6, 6.07) is 0.334. The van der Waals surface area contributed by atoms with Crippen LogP contribution in [0.3, 0.4) is 0 Å². The van der Waals surface area contributed by atoms with Crippen LogP contribution in [0.2, 0.25) is 0 Å². The van der Waals surface area contributed by atoms with E-state index >= 15 is 0 Å². The Hall–Kier alpha value is -1.06. The molecular weight excluding hydrogens is 214 g/mol. The van der Waals surface area contributed by atoms with Gasteiger partial charge in [0.05, 0.1) is 12.8 Å². The topological polar surface area (TPSA) is 39.9 Å². The van der Waals surface area contributed by atoms with Crippen LogP contribution in [0.25, 0.3) is 0 Å². The molecule has 0 bridgehead atoms. The molecule has 0 aliphatic rings. The van der Waals surface area contributed by atoms with Crippen molar-refractivity contribution in [1.82, 2.24) is 15.0 Å². The standard InChI is InChI=1S/C13H25N3O/c1-10(2)12(5)7-6-8-17-13-9-16(11(3)4)15-14-13/h9-12H,6-8H2,1-5H3. The van der Waals surface area contributed by atoms with Crippen LogP contribution in [0, 0.1) is 11.8 Å².